The predicted octanol–water partition coefficient (Wildman–Crippen LogP) is 8.21. The molecule has 0 radical (unpaired) electrons. The molecule has 9 heteroatoms. The normalized spacial score (nSPS) is 11.1. The van der Waals surface area contributed by atoms with E-state index in [1.165, 1.54) is 0 Å². The van der Waals surface area contributed by atoms with Crippen LogP contribution in [0.25, 0.3) is 22.6 Å². The Morgan fingerprint density at radius 3 is 1.46 bits per heavy atom. The third-order valence-corrected chi connectivity index (χ3v) is 8.02. The number of aromatic nitrogens is 5. The number of oxazole rings is 1. The molecule has 0 aliphatic carbocycles. The van der Waals surface area contributed by atoms with Crippen LogP contribution in [0.2, 0.25) is 0 Å². The van der Waals surface area contributed by atoms with Crippen LogP contribution in [0.15, 0.2) is 138 Å². The summed E-state index contributed by atoms with van der Waals surface area (Å²) in [6.45, 7) is 7.42. The van der Waals surface area contributed by atoms with Crippen molar-refractivity contribution in [3.8, 4) is 17.2 Å². The number of rotatable bonds is 13. The molecular formula is C41H41N7O2. The number of fused-ring (bicyclic) bond motifs is 1. The van der Waals surface area contributed by atoms with E-state index in [1.807, 2.05) is 129 Å². The fourth-order valence-corrected chi connectivity index (χ4v) is 5.84. The van der Waals surface area contributed by atoms with E-state index >= 15 is 0 Å². The van der Waals surface area contributed by atoms with Gasteiger partial charge in [-0.1, -0.05) is 50.2 Å². The molecular weight excluding hydrogens is 622 g/mol. The van der Waals surface area contributed by atoms with Gasteiger partial charge in [-0.15, -0.1) is 0 Å². The van der Waals surface area contributed by atoms with Gasteiger partial charge in [0.2, 0.25) is 5.89 Å². The number of nitrogens with zero attached hydrogens (tertiary/aromatic N) is 7. The van der Waals surface area contributed by atoms with Crippen molar-refractivity contribution in [3.05, 3.63) is 168 Å². The van der Waals surface area contributed by atoms with Crippen LogP contribution < -0.4 is 0 Å². The zero-order valence-corrected chi connectivity index (χ0v) is 28.4. The molecule has 5 aromatic heterocycles. The molecule has 0 bridgehead atoms. The summed E-state index contributed by atoms with van der Waals surface area (Å²) in [5, 5.41) is 11.9. The minimum absolute atomic E-state index is 0.137. The number of phenolic OH excluding ortho intramolecular Hbond substituents is 1. The highest BCUT2D eigenvalue weighted by molar-refractivity contribution is 5.78. The standard InChI is InChI=1S/C39H35N7O2.C2H6/c47-38-30(24-46(27-33-13-5-9-19-42-33)28-34-14-6-10-20-43-34)21-29(22-35(38)39-44-36-15-1-2-16-37(36)48-39)23-45(25-31-11-3-7-17-40-31)26-32-12-4-8-18-41-32;1-2/h1-22,47H,23-28H2;1-2H3. The molecule has 252 valence electrons. The molecule has 7 aromatic rings. The molecule has 0 spiro atoms. The van der Waals surface area contributed by atoms with Gasteiger partial charge in [0.05, 0.1) is 28.3 Å². The first-order chi connectivity index (χ1) is 24.7. The Morgan fingerprint density at radius 1 is 0.540 bits per heavy atom. The lowest BCUT2D eigenvalue weighted by Gasteiger charge is -2.25. The topological polar surface area (TPSA) is 104 Å². The lowest BCUT2D eigenvalue weighted by Crippen LogP contribution is -2.25. The van der Waals surface area contributed by atoms with E-state index in [9.17, 15) is 5.11 Å². The van der Waals surface area contributed by atoms with Crippen LogP contribution in [0.5, 0.6) is 5.75 Å². The summed E-state index contributed by atoms with van der Waals surface area (Å²) in [7, 11) is 0. The number of aromatic hydroxyl groups is 1. The molecule has 1 N–H and O–H groups in total. The van der Waals surface area contributed by atoms with Gasteiger partial charge in [-0.25, -0.2) is 4.98 Å². The van der Waals surface area contributed by atoms with Gasteiger partial charge in [-0.05, 0) is 78.4 Å². The lowest BCUT2D eigenvalue weighted by molar-refractivity contribution is 0.235. The molecule has 0 saturated heterocycles. The van der Waals surface area contributed by atoms with Crippen LogP contribution in [-0.4, -0.2) is 39.8 Å². The van der Waals surface area contributed by atoms with Crippen LogP contribution in [0.3, 0.4) is 0 Å². The summed E-state index contributed by atoms with van der Waals surface area (Å²) in [5.74, 6) is 0.511. The summed E-state index contributed by atoms with van der Waals surface area (Å²) in [4.78, 5) is 27.7. The Hall–Kier alpha value is -5.77. The number of benzene rings is 2. The maximum absolute atomic E-state index is 11.9. The van der Waals surface area contributed by atoms with Crippen LogP contribution in [-0.2, 0) is 39.3 Å². The average Bonchev–Trinajstić information content (AvgIpc) is 3.60. The van der Waals surface area contributed by atoms with E-state index in [1.54, 1.807) is 12.4 Å². The summed E-state index contributed by atoms with van der Waals surface area (Å²) < 4.78 is 6.20. The van der Waals surface area contributed by atoms with Crippen molar-refractivity contribution < 1.29 is 9.52 Å². The average molecular weight is 664 g/mol. The largest absolute Gasteiger partial charge is 0.507 e. The van der Waals surface area contributed by atoms with Crippen molar-refractivity contribution in [1.29, 1.82) is 0 Å². The Kier molecular flexibility index (Phi) is 11.6. The first-order valence-electron chi connectivity index (χ1n) is 16.9. The van der Waals surface area contributed by atoms with E-state index < -0.39 is 0 Å². The zero-order valence-electron chi connectivity index (χ0n) is 28.4. The highest BCUT2D eigenvalue weighted by Gasteiger charge is 2.21. The number of pyridine rings is 4. The maximum Gasteiger partial charge on any atom is 0.231 e. The van der Waals surface area contributed by atoms with Gasteiger partial charge in [0, 0.05) is 69.6 Å². The molecule has 7 rings (SSSR count). The quantitative estimate of drug-likeness (QED) is 0.131. The fraction of sp³-hybridized carbons (Fsp3) is 0.195. The van der Waals surface area contributed by atoms with Gasteiger partial charge in [0.15, 0.2) is 5.58 Å². The van der Waals surface area contributed by atoms with E-state index in [0.29, 0.717) is 56.3 Å². The highest BCUT2D eigenvalue weighted by atomic mass is 16.3. The first-order valence-corrected chi connectivity index (χ1v) is 16.9. The Bertz CT molecular complexity index is 1940. The van der Waals surface area contributed by atoms with Gasteiger partial charge in [-0.2, -0.15) is 0 Å². The predicted molar refractivity (Wildman–Crippen MR) is 195 cm³/mol. The van der Waals surface area contributed by atoms with Crippen molar-refractivity contribution in [3.63, 3.8) is 0 Å². The lowest BCUT2D eigenvalue weighted by atomic mass is 10.0. The van der Waals surface area contributed by atoms with E-state index in [0.717, 1.165) is 39.4 Å². The van der Waals surface area contributed by atoms with Gasteiger partial charge >= 0.3 is 0 Å². The summed E-state index contributed by atoms with van der Waals surface area (Å²) in [6, 6.07) is 35.4. The molecule has 9 nitrogen and oxygen atoms in total. The number of hydrogen-bond donors (Lipinski definition) is 1. The third-order valence-electron chi connectivity index (χ3n) is 8.02. The van der Waals surface area contributed by atoms with E-state index in [4.69, 9.17) is 9.40 Å². The minimum atomic E-state index is 0.137. The molecule has 0 aliphatic heterocycles. The van der Waals surface area contributed by atoms with Gasteiger partial charge < -0.3 is 9.52 Å². The SMILES string of the molecule is CC.Oc1c(CN(Cc2ccccn2)Cc2ccccn2)cc(CN(Cc2ccccn2)Cc2ccccn2)cc1-c1nc2ccccc2o1. The Labute approximate surface area is 293 Å². The zero-order chi connectivity index (χ0) is 34.5. The van der Waals surface area contributed by atoms with Crippen LogP contribution in [0, 0.1) is 0 Å². The van der Waals surface area contributed by atoms with Crippen molar-refractivity contribution in [1.82, 2.24) is 34.7 Å². The van der Waals surface area contributed by atoms with Gasteiger partial charge in [0.1, 0.15) is 11.3 Å². The molecule has 2 aromatic carbocycles. The third kappa shape index (κ3) is 9.02. The fourth-order valence-electron chi connectivity index (χ4n) is 5.84. The molecule has 0 unspecified atom stereocenters. The highest BCUT2D eigenvalue weighted by Crippen LogP contribution is 2.36. The van der Waals surface area contributed by atoms with Gasteiger partial charge in [0.25, 0.3) is 0 Å². The Morgan fingerprint density at radius 2 is 1.00 bits per heavy atom. The van der Waals surface area contributed by atoms with E-state index in [2.05, 4.69) is 35.8 Å². The molecule has 0 fully saturated rings. The van der Waals surface area contributed by atoms with Crippen molar-refractivity contribution in [2.24, 2.45) is 0 Å². The van der Waals surface area contributed by atoms with Crippen molar-refractivity contribution in [2.75, 3.05) is 0 Å². The molecule has 0 atom stereocenters. The van der Waals surface area contributed by atoms with E-state index in [-0.39, 0.29) is 5.75 Å². The summed E-state index contributed by atoms with van der Waals surface area (Å²) in [6.07, 6.45) is 7.23. The number of phenols is 1. The number of hydrogen-bond acceptors (Lipinski definition) is 9. The molecule has 0 aliphatic rings. The van der Waals surface area contributed by atoms with Crippen LogP contribution >= 0.6 is 0 Å². The van der Waals surface area contributed by atoms with Crippen LogP contribution in [0.1, 0.15) is 47.8 Å². The second kappa shape index (κ2) is 17.1. The molecule has 0 amide bonds. The van der Waals surface area contributed by atoms with Gasteiger partial charge in [-0.3, -0.25) is 29.7 Å². The molecule has 5 heterocycles. The maximum atomic E-state index is 11.9. The minimum Gasteiger partial charge on any atom is -0.507 e. The molecule has 0 saturated carbocycles. The number of para-hydroxylation sites is 2. The smallest absolute Gasteiger partial charge is 0.231 e. The van der Waals surface area contributed by atoms with Crippen LogP contribution in [0.4, 0.5) is 0 Å². The molecule has 50 heavy (non-hydrogen) atoms. The van der Waals surface area contributed by atoms with Crippen molar-refractivity contribution >= 4 is 11.1 Å². The Balaban J connectivity index is 0.00000212. The second-order valence-electron chi connectivity index (χ2n) is 11.7. The monoisotopic (exact) mass is 663 g/mol. The first kappa shape index (κ1) is 34.1. The second-order valence-corrected chi connectivity index (χ2v) is 11.7. The summed E-state index contributed by atoms with van der Waals surface area (Å²) in [5.41, 5.74) is 7.49. The summed E-state index contributed by atoms with van der Waals surface area (Å²) >= 11 is 0. The van der Waals surface area contributed by atoms with Crippen molar-refractivity contribution in [2.45, 2.75) is 53.1 Å².